The summed E-state index contributed by atoms with van der Waals surface area (Å²) in [6.07, 6.45) is 0. The molecule has 0 aromatic heterocycles. The van der Waals surface area contributed by atoms with Crippen LogP contribution in [0.15, 0.2) is 23.3 Å². The maximum atomic E-state index is 12.3. The van der Waals surface area contributed by atoms with Gasteiger partial charge in [-0.2, -0.15) is 5.10 Å². The van der Waals surface area contributed by atoms with Crippen LogP contribution in [0.3, 0.4) is 0 Å². The van der Waals surface area contributed by atoms with E-state index in [4.69, 9.17) is 0 Å². The average molecular weight is 313 g/mol. The van der Waals surface area contributed by atoms with Gasteiger partial charge in [0.2, 0.25) is 0 Å². The number of hydrogen-bond donors (Lipinski definition) is 2. The molecule has 0 spiro atoms. The molecule has 1 fully saturated rings. The van der Waals surface area contributed by atoms with Gasteiger partial charge < -0.3 is 10.2 Å². The largest absolute Gasteiger partial charge is 0.384 e. The Morgan fingerprint density at radius 1 is 1.22 bits per heavy atom. The number of nitrogens with one attached hydrogen (secondary N) is 2. The maximum Gasteiger partial charge on any atom is 0.271 e. The zero-order chi connectivity index (χ0) is 15.8. The van der Waals surface area contributed by atoms with E-state index in [0.717, 1.165) is 68.3 Å². The topological polar surface area (TPSA) is 60.0 Å². The van der Waals surface area contributed by atoms with Crippen molar-refractivity contribution < 1.29 is 4.79 Å². The molecule has 6 nitrogen and oxygen atoms in total. The minimum Gasteiger partial charge on any atom is -0.384 e. The van der Waals surface area contributed by atoms with Crippen LogP contribution in [-0.4, -0.2) is 67.2 Å². The van der Waals surface area contributed by atoms with Gasteiger partial charge in [-0.3, -0.25) is 9.69 Å². The molecule has 122 valence electrons. The van der Waals surface area contributed by atoms with Crippen LogP contribution >= 0.6 is 0 Å². The molecule has 23 heavy (non-hydrogen) atoms. The Morgan fingerprint density at radius 3 is 2.78 bits per heavy atom. The molecule has 0 saturated carbocycles. The van der Waals surface area contributed by atoms with Crippen molar-refractivity contribution in [3.8, 4) is 0 Å². The summed E-state index contributed by atoms with van der Waals surface area (Å²) >= 11 is 0. The molecule has 1 atom stereocenters. The minimum absolute atomic E-state index is 0.0960. The van der Waals surface area contributed by atoms with Crippen molar-refractivity contribution in [3.05, 3.63) is 29.3 Å². The molecule has 0 radical (unpaired) electrons. The molecular formula is C17H23N5O. The molecule has 1 amide bonds. The van der Waals surface area contributed by atoms with Crippen LogP contribution in [0, 0.1) is 0 Å². The summed E-state index contributed by atoms with van der Waals surface area (Å²) in [6, 6.07) is 5.87. The third-order valence-electron chi connectivity index (χ3n) is 5.20. The molecule has 3 aliphatic heterocycles. The van der Waals surface area contributed by atoms with Crippen molar-refractivity contribution in [2.24, 2.45) is 5.10 Å². The number of hydrogen-bond acceptors (Lipinski definition) is 5. The molecule has 2 N–H and O–H groups in total. The molecule has 1 unspecified atom stereocenters. The van der Waals surface area contributed by atoms with Gasteiger partial charge in [0.15, 0.2) is 0 Å². The number of nitrogens with zero attached hydrogens (tertiary/aromatic N) is 3. The maximum absolute atomic E-state index is 12.3. The van der Waals surface area contributed by atoms with E-state index in [1.54, 1.807) is 0 Å². The highest BCUT2D eigenvalue weighted by Gasteiger charge is 2.34. The van der Waals surface area contributed by atoms with Crippen LogP contribution < -0.4 is 10.7 Å². The third-order valence-corrected chi connectivity index (χ3v) is 5.20. The van der Waals surface area contributed by atoms with Gasteiger partial charge in [0.05, 0.1) is 5.71 Å². The van der Waals surface area contributed by atoms with Crippen molar-refractivity contribution in [2.45, 2.75) is 12.8 Å². The predicted octanol–water partition coefficient (Wildman–Crippen LogP) is 0.933. The molecule has 6 heteroatoms. The van der Waals surface area contributed by atoms with Crippen molar-refractivity contribution in [2.75, 3.05) is 51.1 Å². The van der Waals surface area contributed by atoms with E-state index < -0.39 is 0 Å². The normalized spacial score (nSPS) is 24.5. The Kier molecular flexibility index (Phi) is 3.79. The number of amides is 1. The van der Waals surface area contributed by atoms with Crippen molar-refractivity contribution in [3.63, 3.8) is 0 Å². The standard InChI is InChI=1S/C17H23N5O/c1-2-21-6-8-22(9-7-21)11-15-13-10-18-14-5-3-4-12(16(13)14)17(23)20-19-15/h3-5,13,18H,2,6-11H2,1H3,(H,20,23). The van der Waals surface area contributed by atoms with E-state index in [2.05, 4.69) is 38.6 Å². The van der Waals surface area contributed by atoms with Gasteiger partial charge in [-0.15, -0.1) is 0 Å². The molecule has 1 aromatic rings. The Balaban J connectivity index is 1.55. The van der Waals surface area contributed by atoms with Crippen LogP contribution in [-0.2, 0) is 0 Å². The Hall–Kier alpha value is -1.92. The van der Waals surface area contributed by atoms with E-state index in [1.807, 2.05) is 12.1 Å². The number of likely N-dealkylation sites (N-methyl/N-ethyl adjacent to an activating group) is 1. The fourth-order valence-electron chi connectivity index (χ4n) is 3.79. The van der Waals surface area contributed by atoms with Crippen LogP contribution in [0.5, 0.6) is 0 Å². The predicted molar refractivity (Wildman–Crippen MR) is 91.1 cm³/mol. The third kappa shape index (κ3) is 2.62. The van der Waals surface area contributed by atoms with E-state index in [1.165, 1.54) is 0 Å². The summed E-state index contributed by atoms with van der Waals surface area (Å²) in [5.41, 5.74) is 6.76. The van der Waals surface area contributed by atoms with Gasteiger partial charge in [0.25, 0.3) is 5.91 Å². The lowest BCUT2D eigenvalue weighted by molar-refractivity contribution is 0.0955. The zero-order valence-corrected chi connectivity index (χ0v) is 13.5. The number of hydrazone groups is 1. The number of carbonyl (C=O) groups is 1. The van der Waals surface area contributed by atoms with Crippen molar-refractivity contribution in [1.29, 1.82) is 0 Å². The van der Waals surface area contributed by atoms with Gasteiger partial charge in [-0.1, -0.05) is 13.0 Å². The van der Waals surface area contributed by atoms with Gasteiger partial charge in [0, 0.05) is 56.4 Å². The lowest BCUT2D eigenvalue weighted by Gasteiger charge is -2.34. The zero-order valence-electron chi connectivity index (χ0n) is 13.5. The second-order valence-corrected chi connectivity index (χ2v) is 6.45. The van der Waals surface area contributed by atoms with E-state index in [0.29, 0.717) is 0 Å². The summed E-state index contributed by atoms with van der Waals surface area (Å²) in [5.74, 6) is 0.103. The average Bonchev–Trinajstić information content (AvgIpc) is 2.97. The van der Waals surface area contributed by atoms with E-state index in [9.17, 15) is 4.79 Å². The van der Waals surface area contributed by atoms with E-state index >= 15 is 0 Å². The number of anilines is 1. The first-order chi connectivity index (χ1) is 11.3. The smallest absolute Gasteiger partial charge is 0.271 e. The highest BCUT2D eigenvalue weighted by molar-refractivity contribution is 6.06. The van der Waals surface area contributed by atoms with Crippen molar-refractivity contribution in [1.82, 2.24) is 15.2 Å². The van der Waals surface area contributed by atoms with Gasteiger partial charge in [-0.05, 0) is 24.2 Å². The molecule has 0 aliphatic carbocycles. The number of carbonyl (C=O) groups excluding carboxylic acids is 1. The first kappa shape index (κ1) is 14.7. The second-order valence-electron chi connectivity index (χ2n) is 6.45. The highest BCUT2D eigenvalue weighted by Crippen LogP contribution is 2.36. The molecule has 1 saturated heterocycles. The number of rotatable bonds is 3. The molecule has 4 rings (SSSR count). The van der Waals surface area contributed by atoms with Crippen LogP contribution in [0.25, 0.3) is 0 Å². The Bertz CT molecular complexity index is 648. The van der Waals surface area contributed by atoms with E-state index in [-0.39, 0.29) is 11.8 Å². The van der Waals surface area contributed by atoms with Crippen molar-refractivity contribution >= 4 is 17.3 Å². The van der Waals surface area contributed by atoms with Crippen LogP contribution in [0.2, 0.25) is 0 Å². The summed E-state index contributed by atoms with van der Waals surface area (Å²) in [5, 5.41) is 7.89. The second kappa shape index (κ2) is 5.94. The molecule has 0 bridgehead atoms. The van der Waals surface area contributed by atoms with Gasteiger partial charge >= 0.3 is 0 Å². The van der Waals surface area contributed by atoms with Crippen LogP contribution in [0.4, 0.5) is 5.69 Å². The Labute approximate surface area is 136 Å². The SMILES string of the molecule is CCN1CCN(CC2=NNC(=O)c3cccc4c3C2CN4)CC1. The number of piperazine rings is 1. The molecule has 1 aromatic carbocycles. The highest BCUT2D eigenvalue weighted by atomic mass is 16.2. The lowest BCUT2D eigenvalue weighted by Crippen LogP contribution is -2.48. The fourth-order valence-corrected chi connectivity index (χ4v) is 3.79. The minimum atomic E-state index is -0.0960. The van der Waals surface area contributed by atoms with Gasteiger partial charge in [0.1, 0.15) is 0 Å². The quantitative estimate of drug-likeness (QED) is 0.872. The first-order valence-corrected chi connectivity index (χ1v) is 8.44. The molecule has 3 heterocycles. The van der Waals surface area contributed by atoms with Crippen LogP contribution in [0.1, 0.15) is 28.8 Å². The summed E-state index contributed by atoms with van der Waals surface area (Å²) in [6.45, 7) is 9.34. The Morgan fingerprint density at radius 2 is 2.00 bits per heavy atom. The lowest BCUT2D eigenvalue weighted by atomic mass is 9.91. The molecular weight excluding hydrogens is 290 g/mol. The van der Waals surface area contributed by atoms with Gasteiger partial charge in [-0.25, -0.2) is 5.43 Å². The summed E-state index contributed by atoms with van der Waals surface area (Å²) in [7, 11) is 0. The number of benzene rings is 1. The molecule has 3 aliphatic rings. The summed E-state index contributed by atoms with van der Waals surface area (Å²) < 4.78 is 0. The monoisotopic (exact) mass is 313 g/mol. The summed E-state index contributed by atoms with van der Waals surface area (Å²) in [4.78, 5) is 17.2. The first-order valence-electron chi connectivity index (χ1n) is 8.44. The fraction of sp³-hybridized carbons (Fsp3) is 0.529.